The average Bonchev–Trinajstić information content (AvgIpc) is 2.41. The summed E-state index contributed by atoms with van der Waals surface area (Å²) in [5.74, 6) is 0.857. The highest BCUT2D eigenvalue weighted by Crippen LogP contribution is 2.39. The van der Waals surface area contributed by atoms with Gasteiger partial charge in [-0.2, -0.15) is 0 Å². The zero-order valence-electron chi connectivity index (χ0n) is 13.7. The van der Waals surface area contributed by atoms with E-state index in [9.17, 15) is 0 Å². The smallest absolute Gasteiger partial charge is 0.0406 e. The summed E-state index contributed by atoms with van der Waals surface area (Å²) in [6.07, 6.45) is 5.46. The second-order valence-electron chi connectivity index (χ2n) is 7.03. The molecular weight excluding hydrogens is 280 g/mol. The van der Waals surface area contributed by atoms with Crippen LogP contribution in [0, 0.1) is 11.3 Å². The summed E-state index contributed by atoms with van der Waals surface area (Å²) in [6, 6.07) is 8.23. The van der Waals surface area contributed by atoms with E-state index in [0.29, 0.717) is 5.41 Å². The van der Waals surface area contributed by atoms with Crippen LogP contribution in [0.1, 0.15) is 38.2 Å². The Morgan fingerprint density at radius 3 is 2.67 bits per heavy atom. The Kier molecular flexibility index (Phi) is 6.09. The maximum absolute atomic E-state index is 5.96. The zero-order valence-corrected chi connectivity index (χ0v) is 14.4. The fourth-order valence-electron chi connectivity index (χ4n) is 4.03. The van der Waals surface area contributed by atoms with Crippen LogP contribution >= 0.6 is 11.6 Å². The zero-order chi connectivity index (χ0) is 15.3. The van der Waals surface area contributed by atoms with Crippen molar-refractivity contribution < 1.29 is 0 Å². The molecule has 1 aliphatic carbocycles. The molecule has 1 saturated carbocycles. The Labute approximate surface area is 134 Å². The molecule has 2 atom stereocenters. The molecule has 0 amide bonds. The van der Waals surface area contributed by atoms with Gasteiger partial charge in [0.2, 0.25) is 0 Å². The van der Waals surface area contributed by atoms with Crippen molar-refractivity contribution in [2.24, 2.45) is 11.3 Å². The average molecular weight is 309 g/mol. The van der Waals surface area contributed by atoms with Gasteiger partial charge in [-0.15, -0.1) is 0 Å². The van der Waals surface area contributed by atoms with Gasteiger partial charge in [0.15, 0.2) is 0 Å². The maximum atomic E-state index is 5.96. The van der Waals surface area contributed by atoms with Crippen LogP contribution in [0.3, 0.4) is 0 Å². The third-order valence-corrected chi connectivity index (χ3v) is 4.96. The summed E-state index contributed by atoms with van der Waals surface area (Å²) >= 11 is 5.96. The first-order valence-electron chi connectivity index (χ1n) is 8.11. The molecule has 2 nitrogen and oxygen atoms in total. The third kappa shape index (κ3) is 4.98. The van der Waals surface area contributed by atoms with Crippen LogP contribution in [0.5, 0.6) is 0 Å². The standard InChI is InChI=1S/C18H29ClN2/c1-15-5-4-10-18(11-15,13-20-2)14-21(3)12-16-6-8-17(19)9-7-16/h6-9,15,20H,4-5,10-14H2,1-3H3. The molecule has 2 rings (SSSR count). The summed E-state index contributed by atoms with van der Waals surface area (Å²) in [6.45, 7) is 5.70. The van der Waals surface area contributed by atoms with Crippen molar-refractivity contribution in [3.63, 3.8) is 0 Å². The molecule has 1 aliphatic rings. The first-order valence-corrected chi connectivity index (χ1v) is 8.48. The summed E-state index contributed by atoms with van der Waals surface area (Å²) in [7, 11) is 4.32. The van der Waals surface area contributed by atoms with E-state index in [1.807, 2.05) is 12.1 Å². The quantitative estimate of drug-likeness (QED) is 0.848. The third-order valence-electron chi connectivity index (χ3n) is 4.71. The van der Waals surface area contributed by atoms with Gasteiger partial charge in [-0.3, -0.25) is 0 Å². The molecule has 0 radical (unpaired) electrons. The molecule has 0 aliphatic heterocycles. The van der Waals surface area contributed by atoms with Crippen molar-refractivity contribution in [2.45, 2.75) is 39.2 Å². The topological polar surface area (TPSA) is 15.3 Å². The van der Waals surface area contributed by atoms with E-state index in [2.05, 4.69) is 43.4 Å². The van der Waals surface area contributed by atoms with Gasteiger partial charge in [-0.1, -0.05) is 43.5 Å². The minimum absolute atomic E-state index is 0.438. The molecule has 1 aromatic rings. The van der Waals surface area contributed by atoms with E-state index in [4.69, 9.17) is 11.6 Å². The SMILES string of the molecule is CNCC1(CN(C)Cc2ccc(Cl)cc2)CCCC(C)C1. The van der Waals surface area contributed by atoms with E-state index in [0.717, 1.165) is 24.0 Å². The number of benzene rings is 1. The van der Waals surface area contributed by atoms with Gasteiger partial charge in [0, 0.05) is 24.7 Å². The first kappa shape index (κ1) is 16.8. The highest BCUT2D eigenvalue weighted by molar-refractivity contribution is 6.30. The lowest BCUT2D eigenvalue weighted by Gasteiger charge is -2.42. The Balaban J connectivity index is 1.97. The molecule has 0 spiro atoms. The Bertz CT molecular complexity index is 427. The largest absolute Gasteiger partial charge is 0.319 e. The minimum Gasteiger partial charge on any atom is -0.319 e. The number of nitrogens with one attached hydrogen (secondary N) is 1. The van der Waals surface area contributed by atoms with Gasteiger partial charge >= 0.3 is 0 Å². The predicted octanol–water partition coefficient (Wildman–Crippen LogP) is 4.19. The Hall–Kier alpha value is -0.570. The normalized spacial score (nSPS) is 26.2. The number of hydrogen-bond donors (Lipinski definition) is 1. The van der Waals surface area contributed by atoms with E-state index in [1.54, 1.807) is 0 Å². The van der Waals surface area contributed by atoms with Gasteiger partial charge in [-0.05, 0) is 56.0 Å². The summed E-state index contributed by atoms with van der Waals surface area (Å²) < 4.78 is 0. The lowest BCUT2D eigenvalue weighted by molar-refractivity contribution is 0.0910. The Morgan fingerprint density at radius 1 is 1.33 bits per heavy atom. The lowest BCUT2D eigenvalue weighted by atomic mass is 9.69. The molecule has 1 fully saturated rings. The molecule has 118 valence electrons. The number of hydrogen-bond acceptors (Lipinski definition) is 2. The second kappa shape index (κ2) is 7.62. The molecule has 3 heteroatoms. The maximum Gasteiger partial charge on any atom is 0.0406 e. The molecule has 0 bridgehead atoms. The highest BCUT2D eigenvalue weighted by atomic mass is 35.5. The number of rotatable bonds is 6. The van der Waals surface area contributed by atoms with Crippen LogP contribution in [0.15, 0.2) is 24.3 Å². The van der Waals surface area contributed by atoms with E-state index >= 15 is 0 Å². The van der Waals surface area contributed by atoms with Gasteiger partial charge in [0.1, 0.15) is 0 Å². The van der Waals surface area contributed by atoms with E-state index < -0.39 is 0 Å². The molecule has 0 saturated heterocycles. The van der Waals surface area contributed by atoms with Crippen molar-refractivity contribution >= 4 is 11.6 Å². The molecule has 0 heterocycles. The number of halogens is 1. The van der Waals surface area contributed by atoms with Crippen LogP contribution in [-0.2, 0) is 6.54 Å². The highest BCUT2D eigenvalue weighted by Gasteiger charge is 2.35. The van der Waals surface area contributed by atoms with Crippen molar-refractivity contribution in [3.05, 3.63) is 34.9 Å². The van der Waals surface area contributed by atoms with Crippen LogP contribution in [0.25, 0.3) is 0 Å². The summed E-state index contributed by atoms with van der Waals surface area (Å²) in [5, 5.41) is 4.25. The van der Waals surface area contributed by atoms with Crippen LogP contribution < -0.4 is 5.32 Å². The fraction of sp³-hybridized carbons (Fsp3) is 0.667. The molecule has 21 heavy (non-hydrogen) atoms. The molecule has 1 N–H and O–H groups in total. The van der Waals surface area contributed by atoms with Crippen LogP contribution in [0.2, 0.25) is 5.02 Å². The number of nitrogens with zero attached hydrogens (tertiary/aromatic N) is 1. The first-order chi connectivity index (χ1) is 10.0. The van der Waals surface area contributed by atoms with E-state index in [1.165, 1.54) is 37.8 Å². The molecule has 0 aromatic heterocycles. The predicted molar refractivity (Wildman–Crippen MR) is 91.8 cm³/mol. The van der Waals surface area contributed by atoms with Crippen molar-refractivity contribution in [1.82, 2.24) is 10.2 Å². The fourth-order valence-corrected chi connectivity index (χ4v) is 4.16. The Morgan fingerprint density at radius 2 is 2.05 bits per heavy atom. The molecular formula is C18H29ClN2. The van der Waals surface area contributed by atoms with Crippen LogP contribution in [-0.4, -0.2) is 32.1 Å². The van der Waals surface area contributed by atoms with Crippen molar-refractivity contribution in [2.75, 3.05) is 27.2 Å². The lowest BCUT2D eigenvalue weighted by Crippen LogP contribution is -2.44. The van der Waals surface area contributed by atoms with Gasteiger partial charge in [-0.25, -0.2) is 0 Å². The minimum atomic E-state index is 0.438. The van der Waals surface area contributed by atoms with Crippen LogP contribution in [0.4, 0.5) is 0 Å². The monoisotopic (exact) mass is 308 g/mol. The van der Waals surface area contributed by atoms with Gasteiger partial charge in [0.05, 0.1) is 0 Å². The summed E-state index contributed by atoms with van der Waals surface area (Å²) in [4.78, 5) is 2.47. The van der Waals surface area contributed by atoms with Gasteiger partial charge in [0.25, 0.3) is 0 Å². The van der Waals surface area contributed by atoms with Crippen molar-refractivity contribution in [3.8, 4) is 0 Å². The van der Waals surface area contributed by atoms with Crippen molar-refractivity contribution in [1.29, 1.82) is 0 Å². The summed E-state index contributed by atoms with van der Waals surface area (Å²) in [5.41, 5.74) is 1.78. The van der Waals surface area contributed by atoms with E-state index in [-0.39, 0.29) is 0 Å². The van der Waals surface area contributed by atoms with Gasteiger partial charge < -0.3 is 10.2 Å². The second-order valence-corrected chi connectivity index (χ2v) is 7.47. The molecule has 1 aromatic carbocycles. The molecule has 2 unspecified atom stereocenters.